The van der Waals surface area contributed by atoms with Crippen molar-refractivity contribution >= 4 is 5.97 Å². The smallest absolute Gasteiger partial charge is 0.311 e. The molecule has 1 aromatic heterocycles. The molecule has 1 fully saturated rings. The maximum absolute atomic E-state index is 13.8. The summed E-state index contributed by atoms with van der Waals surface area (Å²) in [6.45, 7) is -0.00155. The Bertz CT molecular complexity index is 677. The van der Waals surface area contributed by atoms with Gasteiger partial charge in [-0.3, -0.25) is 4.79 Å². The zero-order valence-electron chi connectivity index (χ0n) is 11.0. The van der Waals surface area contributed by atoms with Gasteiger partial charge >= 0.3 is 5.97 Å². The van der Waals surface area contributed by atoms with Crippen LogP contribution in [0.2, 0.25) is 0 Å². The lowest BCUT2D eigenvalue weighted by atomic mass is 9.69. The normalized spacial score (nSPS) is 16.5. The molecule has 1 saturated carbocycles. The van der Waals surface area contributed by atoms with E-state index in [-0.39, 0.29) is 17.9 Å². The summed E-state index contributed by atoms with van der Waals surface area (Å²) in [7, 11) is 0. The van der Waals surface area contributed by atoms with Crippen LogP contribution in [0.25, 0.3) is 11.4 Å². The SMILES string of the molecule is O=C(O)C1(Cn2nnnc2-c2c(F)cccc2F)CCC1. The average Bonchev–Trinajstić information content (AvgIpc) is 2.81. The number of hydrogen-bond donors (Lipinski definition) is 1. The number of benzene rings is 1. The van der Waals surface area contributed by atoms with Crippen molar-refractivity contribution in [3.05, 3.63) is 29.8 Å². The topological polar surface area (TPSA) is 80.9 Å². The zero-order valence-corrected chi connectivity index (χ0v) is 11.0. The van der Waals surface area contributed by atoms with Crippen LogP contribution in [0.5, 0.6) is 0 Å². The largest absolute Gasteiger partial charge is 0.481 e. The van der Waals surface area contributed by atoms with Crippen LogP contribution in [0.1, 0.15) is 19.3 Å². The molecule has 110 valence electrons. The van der Waals surface area contributed by atoms with Crippen LogP contribution in [0.4, 0.5) is 8.78 Å². The minimum atomic E-state index is -0.953. The minimum absolute atomic E-state index is 0.00155. The quantitative estimate of drug-likeness (QED) is 0.931. The van der Waals surface area contributed by atoms with Gasteiger partial charge in [-0.25, -0.2) is 13.5 Å². The average molecular weight is 294 g/mol. The van der Waals surface area contributed by atoms with Gasteiger partial charge in [-0.2, -0.15) is 0 Å². The third-order valence-electron chi connectivity index (χ3n) is 3.94. The summed E-state index contributed by atoms with van der Waals surface area (Å²) >= 11 is 0. The molecule has 0 saturated heterocycles. The van der Waals surface area contributed by atoms with E-state index in [4.69, 9.17) is 0 Å². The van der Waals surface area contributed by atoms with Gasteiger partial charge in [0.05, 0.1) is 17.5 Å². The third kappa shape index (κ3) is 2.16. The maximum Gasteiger partial charge on any atom is 0.311 e. The predicted molar refractivity (Wildman–Crippen MR) is 67.1 cm³/mol. The second-order valence-electron chi connectivity index (χ2n) is 5.20. The van der Waals surface area contributed by atoms with Gasteiger partial charge in [0.2, 0.25) is 0 Å². The van der Waals surface area contributed by atoms with Gasteiger partial charge in [0.25, 0.3) is 0 Å². The number of nitrogens with zero attached hydrogens (tertiary/aromatic N) is 4. The lowest BCUT2D eigenvalue weighted by Crippen LogP contribution is -2.42. The summed E-state index contributed by atoms with van der Waals surface area (Å²) in [5.74, 6) is -2.62. The standard InChI is InChI=1S/C13H12F2N4O2/c14-8-3-1-4-9(15)10(8)11-16-17-18-19(11)7-13(12(20)21)5-2-6-13/h1,3-4H,2,5-7H2,(H,20,21). The van der Waals surface area contributed by atoms with Gasteiger partial charge in [0.1, 0.15) is 11.6 Å². The second kappa shape index (κ2) is 4.87. The molecule has 0 atom stereocenters. The molecule has 1 aliphatic rings. The van der Waals surface area contributed by atoms with Crippen LogP contribution in [0.3, 0.4) is 0 Å². The molecule has 0 amide bonds. The number of hydrogen-bond acceptors (Lipinski definition) is 4. The van der Waals surface area contributed by atoms with Crippen molar-refractivity contribution in [1.29, 1.82) is 0 Å². The van der Waals surface area contributed by atoms with Crippen LogP contribution < -0.4 is 0 Å². The third-order valence-corrected chi connectivity index (χ3v) is 3.94. The Kier molecular flexibility index (Phi) is 3.15. The van der Waals surface area contributed by atoms with Crippen molar-refractivity contribution in [2.45, 2.75) is 25.8 Å². The molecular weight excluding hydrogens is 282 g/mol. The van der Waals surface area contributed by atoms with Gasteiger partial charge in [0, 0.05) is 0 Å². The number of carboxylic acid groups (broad SMARTS) is 1. The van der Waals surface area contributed by atoms with Gasteiger partial charge in [0.15, 0.2) is 5.82 Å². The number of tetrazole rings is 1. The number of carbonyl (C=O) groups is 1. The van der Waals surface area contributed by atoms with Crippen molar-refractivity contribution in [2.75, 3.05) is 0 Å². The lowest BCUT2D eigenvalue weighted by molar-refractivity contribution is -0.156. The molecule has 0 aliphatic heterocycles. The molecule has 6 nitrogen and oxygen atoms in total. The highest BCUT2D eigenvalue weighted by atomic mass is 19.1. The van der Waals surface area contributed by atoms with Crippen LogP contribution in [0.15, 0.2) is 18.2 Å². The fraction of sp³-hybridized carbons (Fsp3) is 0.385. The summed E-state index contributed by atoms with van der Waals surface area (Å²) < 4.78 is 28.8. The summed E-state index contributed by atoms with van der Waals surface area (Å²) in [5, 5.41) is 20.1. The molecule has 1 aromatic carbocycles. The Morgan fingerprint density at radius 3 is 2.52 bits per heavy atom. The van der Waals surface area contributed by atoms with Crippen LogP contribution in [0, 0.1) is 17.0 Å². The van der Waals surface area contributed by atoms with E-state index < -0.39 is 23.0 Å². The molecule has 0 radical (unpaired) electrons. The monoisotopic (exact) mass is 294 g/mol. The molecular formula is C13H12F2N4O2. The van der Waals surface area contributed by atoms with Crippen molar-refractivity contribution in [2.24, 2.45) is 5.41 Å². The Labute approximate surface area is 118 Å². The summed E-state index contributed by atoms with van der Waals surface area (Å²) in [6.07, 6.45) is 1.81. The van der Waals surface area contributed by atoms with Crippen molar-refractivity contribution in [1.82, 2.24) is 20.2 Å². The highest BCUT2D eigenvalue weighted by molar-refractivity contribution is 5.75. The Morgan fingerprint density at radius 1 is 1.33 bits per heavy atom. The van der Waals surface area contributed by atoms with E-state index in [9.17, 15) is 18.7 Å². The van der Waals surface area contributed by atoms with E-state index in [1.54, 1.807) is 0 Å². The molecule has 1 N–H and O–H groups in total. The van der Waals surface area contributed by atoms with Crippen molar-refractivity contribution < 1.29 is 18.7 Å². The Morgan fingerprint density at radius 2 is 2.00 bits per heavy atom. The fourth-order valence-electron chi connectivity index (χ4n) is 2.53. The highest BCUT2D eigenvalue weighted by Crippen LogP contribution is 2.43. The number of halogens is 2. The van der Waals surface area contributed by atoms with E-state index in [0.717, 1.165) is 23.2 Å². The van der Waals surface area contributed by atoms with Gasteiger partial charge in [-0.15, -0.1) is 5.10 Å². The first-order valence-corrected chi connectivity index (χ1v) is 6.47. The van der Waals surface area contributed by atoms with E-state index in [0.29, 0.717) is 12.8 Å². The zero-order chi connectivity index (χ0) is 15.0. The lowest BCUT2D eigenvalue weighted by Gasteiger charge is -2.37. The minimum Gasteiger partial charge on any atom is -0.481 e. The number of aromatic nitrogens is 4. The first kappa shape index (κ1) is 13.6. The number of carboxylic acids is 1. The molecule has 8 heteroatoms. The van der Waals surface area contributed by atoms with E-state index >= 15 is 0 Å². The van der Waals surface area contributed by atoms with Gasteiger partial charge in [-0.05, 0) is 35.4 Å². The Hall–Kier alpha value is -2.38. The predicted octanol–water partition coefficient (Wildman–Crippen LogP) is 1.87. The van der Waals surface area contributed by atoms with Gasteiger partial charge < -0.3 is 5.11 Å². The van der Waals surface area contributed by atoms with E-state index in [2.05, 4.69) is 15.5 Å². The molecule has 0 bridgehead atoms. The molecule has 3 rings (SSSR count). The summed E-state index contributed by atoms with van der Waals surface area (Å²) in [4.78, 5) is 11.4. The Balaban J connectivity index is 2.00. The second-order valence-corrected chi connectivity index (χ2v) is 5.20. The molecule has 1 aliphatic carbocycles. The van der Waals surface area contributed by atoms with E-state index in [1.807, 2.05) is 0 Å². The number of aliphatic carboxylic acids is 1. The maximum atomic E-state index is 13.8. The molecule has 2 aromatic rings. The highest BCUT2D eigenvalue weighted by Gasteiger charge is 2.45. The molecule has 21 heavy (non-hydrogen) atoms. The number of rotatable bonds is 4. The summed E-state index contributed by atoms with van der Waals surface area (Å²) in [6, 6.07) is 3.45. The van der Waals surface area contributed by atoms with E-state index in [1.165, 1.54) is 6.07 Å². The molecule has 1 heterocycles. The molecule has 0 spiro atoms. The first-order valence-electron chi connectivity index (χ1n) is 6.47. The van der Waals surface area contributed by atoms with Crippen LogP contribution in [-0.2, 0) is 11.3 Å². The van der Waals surface area contributed by atoms with Crippen LogP contribution >= 0.6 is 0 Å². The van der Waals surface area contributed by atoms with Gasteiger partial charge in [-0.1, -0.05) is 12.5 Å². The fourth-order valence-corrected chi connectivity index (χ4v) is 2.53. The van der Waals surface area contributed by atoms with Crippen LogP contribution in [-0.4, -0.2) is 31.3 Å². The van der Waals surface area contributed by atoms with Crippen molar-refractivity contribution in [3.63, 3.8) is 0 Å². The van der Waals surface area contributed by atoms with Crippen molar-refractivity contribution in [3.8, 4) is 11.4 Å². The molecule has 0 unspecified atom stereocenters. The first-order chi connectivity index (χ1) is 10.0. The summed E-state index contributed by atoms with van der Waals surface area (Å²) in [5.41, 5.74) is -1.30.